The molecule has 0 fully saturated rings. The summed E-state index contributed by atoms with van der Waals surface area (Å²) < 4.78 is 5.46. The van der Waals surface area contributed by atoms with E-state index in [0.717, 1.165) is 0 Å². The fourth-order valence-electron chi connectivity index (χ4n) is 3.42. The molecule has 2 aromatic carbocycles. The quantitative estimate of drug-likeness (QED) is 0.461. The number of ether oxygens (including phenoxy) is 1. The Kier molecular flexibility index (Phi) is 5.71. The smallest absolute Gasteiger partial charge is 0.407 e. The lowest BCUT2D eigenvalue weighted by Gasteiger charge is -2.14. The van der Waals surface area contributed by atoms with E-state index in [2.05, 4.69) is 46.4 Å². The highest BCUT2D eigenvalue weighted by Crippen LogP contribution is 2.44. The number of pyridine rings is 1. The van der Waals surface area contributed by atoms with Crippen LogP contribution in [0, 0.1) is 11.8 Å². The maximum absolute atomic E-state index is 12.1. The van der Waals surface area contributed by atoms with Gasteiger partial charge in [-0.1, -0.05) is 83.6 Å². The van der Waals surface area contributed by atoms with Gasteiger partial charge in [0.1, 0.15) is 11.8 Å². The molecule has 4 nitrogen and oxygen atoms in total. The molecule has 1 aliphatic carbocycles. The van der Waals surface area contributed by atoms with Crippen LogP contribution in [-0.2, 0) is 4.74 Å². The molecule has 3 aromatic rings. The second kappa shape index (κ2) is 8.57. The van der Waals surface area contributed by atoms with Crippen molar-refractivity contribution >= 4 is 29.3 Å². The van der Waals surface area contributed by atoms with Gasteiger partial charge in [-0.15, -0.1) is 0 Å². The van der Waals surface area contributed by atoms with E-state index < -0.39 is 6.09 Å². The number of hydrogen-bond donors (Lipinski definition) is 1. The van der Waals surface area contributed by atoms with E-state index in [1.807, 2.05) is 24.3 Å². The molecule has 144 valence electrons. The third-order valence-electron chi connectivity index (χ3n) is 4.73. The summed E-state index contributed by atoms with van der Waals surface area (Å²) in [5, 5.41) is 3.12. The maximum atomic E-state index is 12.1. The highest BCUT2D eigenvalue weighted by molar-refractivity contribution is 6.41. The van der Waals surface area contributed by atoms with Crippen molar-refractivity contribution in [1.29, 1.82) is 0 Å². The Morgan fingerprint density at radius 3 is 2.38 bits per heavy atom. The van der Waals surface area contributed by atoms with E-state index >= 15 is 0 Å². The third kappa shape index (κ3) is 4.07. The largest absolute Gasteiger partial charge is 0.449 e. The van der Waals surface area contributed by atoms with Crippen molar-refractivity contribution in [3.8, 4) is 23.0 Å². The molecule has 0 spiro atoms. The molecule has 0 saturated heterocycles. The van der Waals surface area contributed by atoms with Gasteiger partial charge in [-0.2, -0.15) is 0 Å². The summed E-state index contributed by atoms with van der Waals surface area (Å²) in [6.45, 7) is 0.395. The molecule has 1 amide bonds. The van der Waals surface area contributed by atoms with Crippen LogP contribution >= 0.6 is 23.2 Å². The molecule has 6 heteroatoms. The number of halogens is 2. The average Bonchev–Trinajstić information content (AvgIpc) is 3.06. The van der Waals surface area contributed by atoms with Gasteiger partial charge >= 0.3 is 6.09 Å². The second-order valence-corrected chi connectivity index (χ2v) is 7.18. The predicted molar refractivity (Wildman–Crippen MR) is 114 cm³/mol. The molecule has 1 aliphatic rings. The Morgan fingerprint density at radius 2 is 1.69 bits per heavy atom. The predicted octanol–water partition coefficient (Wildman–Crippen LogP) is 5.28. The van der Waals surface area contributed by atoms with Crippen LogP contribution in [0.1, 0.15) is 22.6 Å². The van der Waals surface area contributed by atoms with Crippen molar-refractivity contribution in [3.63, 3.8) is 0 Å². The number of fused-ring (bicyclic) bond motifs is 3. The molecule has 0 unspecified atom stereocenters. The Balaban J connectivity index is 1.36. The van der Waals surface area contributed by atoms with Crippen LogP contribution in [0.3, 0.4) is 0 Å². The number of nitrogens with zero attached hydrogens (tertiary/aromatic N) is 1. The normalized spacial score (nSPS) is 11.8. The number of nitrogens with one attached hydrogen (secondary N) is 1. The number of alkyl carbamates (subject to hydrolysis) is 1. The van der Waals surface area contributed by atoms with Crippen LogP contribution in [0.2, 0.25) is 10.2 Å². The number of benzene rings is 2. The zero-order chi connectivity index (χ0) is 20.2. The number of rotatable bonds is 3. The first-order valence-electron chi connectivity index (χ1n) is 9.03. The summed E-state index contributed by atoms with van der Waals surface area (Å²) in [4.78, 5) is 16.0. The summed E-state index contributed by atoms with van der Waals surface area (Å²) in [5.74, 6) is 5.71. The summed E-state index contributed by atoms with van der Waals surface area (Å²) in [7, 11) is 0. The van der Waals surface area contributed by atoms with Gasteiger partial charge in [0.15, 0.2) is 0 Å². The Morgan fingerprint density at radius 1 is 1.03 bits per heavy atom. The fourth-order valence-corrected chi connectivity index (χ4v) is 3.74. The summed E-state index contributed by atoms with van der Waals surface area (Å²) >= 11 is 11.9. The number of carbonyl (C=O) groups is 1. The van der Waals surface area contributed by atoms with E-state index in [9.17, 15) is 4.79 Å². The maximum Gasteiger partial charge on any atom is 0.407 e. The lowest BCUT2D eigenvalue weighted by molar-refractivity contribution is 0.144. The van der Waals surface area contributed by atoms with Crippen molar-refractivity contribution in [1.82, 2.24) is 10.3 Å². The molecule has 0 bridgehead atoms. The van der Waals surface area contributed by atoms with E-state index in [-0.39, 0.29) is 24.2 Å². The standard InChI is InChI=1S/C23H16Cl2N2O2/c24-21-15(11-13-26-22(21)25)6-5-12-27-23(28)29-14-20-18-9-3-1-7-16(18)17-8-2-4-10-19(17)20/h1-4,7-11,13,20H,12,14H2,(H,27,28). The van der Waals surface area contributed by atoms with Gasteiger partial charge in [0.2, 0.25) is 0 Å². The van der Waals surface area contributed by atoms with Crippen molar-refractivity contribution in [2.75, 3.05) is 13.2 Å². The molecule has 1 aromatic heterocycles. The molecule has 0 aliphatic heterocycles. The molecule has 0 saturated carbocycles. The van der Waals surface area contributed by atoms with E-state index in [1.165, 1.54) is 28.5 Å². The molecule has 29 heavy (non-hydrogen) atoms. The number of amides is 1. The first-order valence-corrected chi connectivity index (χ1v) is 9.78. The first-order chi connectivity index (χ1) is 14.1. The topological polar surface area (TPSA) is 51.2 Å². The van der Waals surface area contributed by atoms with Crippen LogP contribution < -0.4 is 5.32 Å². The van der Waals surface area contributed by atoms with Gasteiger partial charge in [0.05, 0.1) is 11.6 Å². The summed E-state index contributed by atoms with van der Waals surface area (Å²) in [5.41, 5.74) is 5.28. The van der Waals surface area contributed by atoms with Crippen molar-refractivity contribution in [2.24, 2.45) is 0 Å². The van der Waals surface area contributed by atoms with Crippen molar-refractivity contribution < 1.29 is 9.53 Å². The van der Waals surface area contributed by atoms with Crippen molar-refractivity contribution in [2.45, 2.75) is 5.92 Å². The highest BCUT2D eigenvalue weighted by Gasteiger charge is 2.28. The average molecular weight is 423 g/mol. The van der Waals surface area contributed by atoms with Crippen LogP contribution in [-0.4, -0.2) is 24.2 Å². The van der Waals surface area contributed by atoms with E-state index in [1.54, 1.807) is 6.07 Å². The lowest BCUT2D eigenvalue weighted by atomic mass is 9.98. The van der Waals surface area contributed by atoms with E-state index in [4.69, 9.17) is 27.9 Å². The third-order valence-corrected chi connectivity index (χ3v) is 5.50. The second-order valence-electron chi connectivity index (χ2n) is 6.44. The molecule has 1 N–H and O–H groups in total. The van der Waals surface area contributed by atoms with Gasteiger partial charge in [0.25, 0.3) is 0 Å². The molecule has 1 heterocycles. The Bertz CT molecular complexity index is 1090. The highest BCUT2D eigenvalue weighted by atomic mass is 35.5. The SMILES string of the molecule is O=C(NCC#Cc1ccnc(Cl)c1Cl)OCC1c2ccccc2-c2ccccc21. The lowest BCUT2D eigenvalue weighted by Crippen LogP contribution is -2.26. The Hall–Kier alpha value is -3.00. The van der Waals surface area contributed by atoms with Crippen molar-refractivity contribution in [3.05, 3.63) is 87.7 Å². The minimum absolute atomic E-state index is 0.0250. The van der Waals surface area contributed by atoms with Crippen LogP contribution in [0.25, 0.3) is 11.1 Å². The minimum Gasteiger partial charge on any atom is -0.449 e. The summed E-state index contributed by atoms with van der Waals surface area (Å²) in [6, 6.07) is 18.1. The number of hydrogen-bond acceptors (Lipinski definition) is 3. The molecular weight excluding hydrogens is 407 g/mol. The number of aromatic nitrogens is 1. The molecule has 0 radical (unpaired) electrons. The zero-order valence-electron chi connectivity index (χ0n) is 15.3. The molecular formula is C23H16Cl2N2O2. The van der Waals surface area contributed by atoms with Crippen LogP contribution in [0.4, 0.5) is 4.79 Å². The van der Waals surface area contributed by atoms with Crippen LogP contribution in [0.5, 0.6) is 0 Å². The zero-order valence-corrected chi connectivity index (χ0v) is 16.8. The van der Waals surface area contributed by atoms with Gasteiger partial charge in [-0.3, -0.25) is 0 Å². The fraction of sp³-hybridized carbons (Fsp3) is 0.130. The van der Waals surface area contributed by atoms with Gasteiger partial charge in [-0.05, 0) is 28.3 Å². The first kappa shape index (κ1) is 19.3. The van der Waals surface area contributed by atoms with Gasteiger partial charge in [-0.25, -0.2) is 9.78 Å². The van der Waals surface area contributed by atoms with Gasteiger partial charge < -0.3 is 10.1 Å². The number of carbonyl (C=O) groups excluding carboxylic acids is 1. The Labute approximate surface area is 178 Å². The minimum atomic E-state index is -0.514. The molecule has 4 rings (SSSR count). The van der Waals surface area contributed by atoms with Gasteiger partial charge in [0, 0.05) is 17.7 Å². The molecule has 0 atom stereocenters. The monoisotopic (exact) mass is 422 g/mol. The van der Waals surface area contributed by atoms with Crippen LogP contribution in [0.15, 0.2) is 60.8 Å². The van der Waals surface area contributed by atoms with E-state index in [0.29, 0.717) is 10.6 Å². The summed E-state index contributed by atoms with van der Waals surface area (Å²) in [6.07, 6.45) is 1.01.